The average molecular weight is 171 g/mol. The predicted octanol–water partition coefficient (Wildman–Crippen LogP) is 0.938. The lowest BCUT2D eigenvalue weighted by Crippen LogP contribution is -2.45. The second kappa shape index (κ2) is 4.45. The molecule has 1 rings (SSSR count). The summed E-state index contributed by atoms with van der Waals surface area (Å²) in [5.41, 5.74) is 0. The van der Waals surface area contributed by atoms with Gasteiger partial charge < -0.3 is 10.1 Å². The van der Waals surface area contributed by atoms with Crippen molar-refractivity contribution in [1.82, 2.24) is 5.32 Å². The van der Waals surface area contributed by atoms with E-state index in [1.807, 2.05) is 0 Å². The smallest absolute Gasteiger partial charge is 0.217 e. The van der Waals surface area contributed by atoms with Crippen LogP contribution in [-0.2, 0) is 9.53 Å². The van der Waals surface area contributed by atoms with Gasteiger partial charge in [-0.2, -0.15) is 0 Å². The van der Waals surface area contributed by atoms with Crippen molar-refractivity contribution in [2.75, 3.05) is 13.2 Å². The lowest BCUT2D eigenvalue weighted by molar-refractivity contribution is -0.121. The van der Waals surface area contributed by atoms with Crippen LogP contribution in [0, 0.1) is 5.92 Å². The molecule has 1 N–H and O–H groups in total. The van der Waals surface area contributed by atoms with Crippen LogP contribution in [0.1, 0.15) is 26.7 Å². The van der Waals surface area contributed by atoms with E-state index in [4.69, 9.17) is 4.74 Å². The third kappa shape index (κ3) is 2.48. The zero-order valence-electron chi connectivity index (χ0n) is 7.80. The van der Waals surface area contributed by atoms with Gasteiger partial charge in [0.1, 0.15) is 0 Å². The Morgan fingerprint density at radius 2 is 2.42 bits per heavy atom. The summed E-state index contributed by atoms with van der Waals surface area (Å²) in [5, 5.41) is 2.92. The summed E-state index contributed by atoms with van der Waals surface area (Å²) in [6.45, 7) is 5.23. The van der Waals surface area contributed by atoms with Gasteiger partial charge in [-0.05, 0) is 12.3 Å². The Labute approximate surface area is 73.5 Å². The molecule has 0 saturated carbocycles. The van der Waals surface area contributed by atoms with Crippen LogP contribution in [0.25, 0.3) is 0 Å². The van der Waals surface area contributed by atoms with Crippen LogP contribution in [0.3, 0.4) is 0 Å². The Balaban J connectivity index is 2.41. The van der Waals surface area contributed by atoms with Crippen LogP contribution >= 0.6 is 0 Å². The van der Waals surface area contributed by atoms with E-state index in [9.17, 15) is 4.79 Å². The first-order valence-corrected chi connectivity index (χ1v) is 4.59. The van der Waals surface area contributed by atoms with Crippen molar-refractivity contribution < 1.29 is 9.53 Å². The number of carbonyl (C=O) groups excluding carboxylic acids is 1. The molecule has 0 unspecified atom stereocenters. The first-order chi connectivity index (χ1) is 5.74. The molecule has 1 saturated heterocycles. The van der Waals surface area contributed by atoms with Gasteiger partial charge in [-0.1, -0.05) is 13.3 Å². The average Bonchev–Trinajstić information content (AvgIpc) is 2.04. The molecule has 1 heterocycles. The molecule has 0 bridgehead atoms. The van der Waals surface area contributed by atoms with Crippen molar-refractivity contribution in [1.29, 1.82) is 0 Å². The summed E-state index contributed by atoms with van der Waals surface area (Å²) in [6.07, 6.45) is 2.19. The lowest BCUT2D eigenvalue weighted by Gasteiger charge is -2.31. The van der Waals surface area contributed by atoms with E-state index >= 15 is 0 Å². The number of amides is 1. The number of rotatable bonds is 2. The summed E-state index contributed by atoms with van der Waals surface area (Å²) < 4.78 is 5.30. The van der Waals surface area contributed by atoms with Crippen molar-refractivity contribution in [3.05, 3.63) is 0 Å². The topological polar surface area (TPSA) is 38.3 Å². The van der Waals surface area contributed by atoms with Gasteiger partial charge in [-0.25, -0.2) is 0 Å². The second-order valence-electron chi connectivity index (χ2n) is 3.34. The van der Waals surface area contributed by atoms with Gasteiger partial charge in [0.15, 0.2) is 0 Å². The summed E-state index contributed by atoms with van der Waals surface area (Å²) in [5.74, 6) is 0.645. The first kappa shape index (κ1) is 9.52. The molecule has 1 fully saturated rings. The molecule has 0 aliphatic carbocycles. The molecule has 70 valence electrons. The van der Waals surface area contributed by atoms with E-state index in [0.717, 1.165) is 19.4 Å². The van der Waals surface area contributed by atoms with Crippen molar-refractivity contribution in [2.24, 2.45) is 5.92 Å². The van der Waals surface area contributed by atoms with Crippen molar-refractivity contribution >= 4 is 5.91 Å². The molecule has 0 aromatic rings. The normalized spacial score (nSPS) is 29.8. The van der Waals surface area contributed by atoms with Gasteiger partial charge in [0.25, 0.3) is 0 Å². The molecule has 0 spiro atoms. The summed E-state index contributed by atoms with van der Waals surface area (Å²) >= 11 is 0. The fraction of sp³-hybridized carbons (Fsp3) is 0.889. The molecular formula is C9H17NO2. The Bertz CT molecular complexity index is 159. The van der Waals surface area contributed by atoms with Crippen LogP contribution in [-0.4, -0.2) is 25.2 Å². The maximum Gasteiger partial charge on any atom is 0.217 e. The largest absolute Gasteiger partial charge is 0.379 e. The number of carbonyl (C=O) groups is 1. The molecule has 3 nitrogen and oxygen atoms in total. The number of ether oxygens (including phenoxy) is 1. The quantitative estimate of drug-likeness (QED) is 0.671. The zero-order valence-corrected chi connectivity index (χ0v) is 7.80. The highest BCUT2D eigenvalue weighted by Gasteiger charge is 2.24. The Morgan fingerprint density at radius 3 is 3.00 bits per heavy atom. The molecular weight excluding hydrogens is 154 g/mol. The Hall–Kier alpha value is -0.570. The summed E-state index contributed by atoms with van der Waals surface area (Å²) in [6, 6.07) is 0.237. The molecule has 1 aliphatic heterocycles. The monoisotopic (exact) mass is 171 g/mol. The van der Waals surface area contributed by atoms with Crippen LogP contribution in [0.15, 0.2) is 0 Å². The summed E-state index contributed by atoms with van der Waals surface area (Å²) in [4.78, 5) is 10.8. The van der Waals surface area contributed by atoms with Crippen LogP contribution in [0.2, 0.25) is 0 Å². The number of hydrogen-bond acceptors (Lipinski definition) is 2. The molecule has 1 aliphatic rings. The standard InChI is InChI=1S/C9H17NO2/c1-3-8-4-5-12-6-9(8)10-7(2)11/h8-9H,3-6H2,1-2H3,(H,10,11)/t8-,9-/m1/s1. The van der Waals surface area contributed by atoms with E-state index in [2.05, 4.69) is 12.2 Å². The van der Waals surface area contributed by atoms with E-state index in [1.54, 1.807) is 6.92 Å². The van der Waals surface area contributed by atoms with Gasteiger partial charge >= 0.3 is 0 Å². The van der Waals surface area contributed by atoms with Gasteiger partial charge in [0, 0.05) is 13.5 Å². The molecule has 2 atom stereocenters. The SMILES string of the molecule is CC[C@@H]1CCOC[C@H]1NC(C)=O. The highest BCUT2D eigenvalue weighted by Crippen LogP contribution is 2.18. The van der Waals surface area contributed by atoms with Crippen LogP contribution < -0.4 is 5.32 Å². The third-order valence-corrected chi connectivity index (χ3v) is 2.41. The third-order valence-electron chi connectivity index (χ3n) is 2.41. The van der Waals surface area contributed by atoms with E-state index in [0.29, 0.717) is 12.5 Å². The van der Waals surface area contributed by atoms with Crippen LogP contribution in [0.5, 0.6) is 0 Å². The number of nitrogens with one attached hydrogen (secondary N) is 1. The minimum Gasteiger partial charge on any atom is -0.379 e. The van der Waals surface area contributed by atoms with Crippen molar-refractivity contribution in [2.45, 2.75) is 32.7 Å². The Kier molecular flexibility index (Phi) is 3.53. The second-order valence-corrected chi connectivity index (χ2v) is 3.34. The highest BCUT2D eigenvalue weighted by atomic mass is 16.5. The minimum absolute atomic E-state index is 0.0453. The van der Waals surface area contributed by atoms with Crippen molar-refractivity contribution in [3.8, 4) is 0 Å². The molecule has 0 aromatic carbocycles. The molecule has 3 heteroatoms. The molecule has 1 amide bonds. The zero-order chi connectivity index (χ0) is 8.97. The minimum atomic E-state index is 0.0453. The van der Waals surface area contributed by atoms with E-state index in [-0.39, 0.29) is 11.9 Å². The maximum absolute atomic E-state index is 10.8. The van der Waals surface area contributed by atoms with Crippen LogP contribution in [0.4, 0.5) is 0 Å². The van der Waals surface area contributed by atoms with Crippen molar-refractivity contribution in [3.63, 3.8) is 0 Å². The fourth-order valence-electron chi connectivity index (χ4n) is 1.69. The van der Waals surface area contributed by atoms with E-state index in [1.165, 1.54) is 0 Å². The first-order valence-electron chi connectivity index (χ1n) is 4.59. The van der Waals surface area contributed by atoms with Gasteiger partial charge in [-0.15, -0.1) is 0 Å². The molecule has 0 aromatic heterocycles. The highest BCUT2D eigenvalue weighted by molar-refractivity contribution is 5.73. The Morgan fingerprint density at radius 1 is 1.67 bits per heavy atom. The number of hydrogen-bond donors (Lipinski definition) is 1. The predicted molar refractivity (Wildman–Crippen MR) is 46.8 cm³/mol. The maximum atomic E-state index is 10.8. The fourth-order valence-corrected chi connectivity index (χ4v) is 1.69. The lowest BCUT2D eigenvalue weighted by atomic mass is 9.92. The molecule has 12 heavy (non-hydrogen) atoms. The summed E-state index contributed by atoms with van der Waals surface area (Å²) in [7, 11) is 0. The van der Waals surface area contributed by atoms with E-state index < -0.39 is 0 Å². The van der Waals surface area contributed by atoms with Gasteiger partial charge in [0.05, 0.1) is 12.6 Å². The molecule has 0 radical (unpaired) electrons. The van der Waals surface area contributed by atoms with Gasteiger partial charge in [-0.3, -0.25) is 4.79 Å². The van der Waals surface area contributed by atoms with Gasteiger partial charge in [0.2, 0.25) is 5.91 Å².